The molecule has 0 unspecified atom stereocenters. The third kappa shape index (κ3) is 3.32. The Labute approximate surface area is 115 Å². The highest BCUT2D eigenvalue weighted by molar-refractivity contribution is 5.92. The third-order valence-corrected chi connectivity index (χ3v) is 3.89. The Morgan fingerprint density at radius 2 is 2.05 bits per heavy atom. The zero-order valence-electron chi connectivity index (χ0n) is 11.8. The van der Waals surface area contributed by atoms with Crippen molar-refractivity contribution in [3.63, 3.8) is 0 Å². The van der Waals surface area contributed by atoms with Crippen molar-refractivity contribution in [3.05, 3.63) is 29.6 Å². The molecule has 4 nitrogen and oxygen atoms in total. The molecule has 1 amide bonds. The molecule has 1 heterocycles. The molecule has 1 fully saturated rings. The van der Waals surface area contributed by atoms with Gasteiger partial charge in [-0.2, -0.15) is 0 Å². The second-order valence-electron chi connectivity index (χ2n) is 5.32. The van der Waals surface area contributed by atoms with Crippen molar-refractivity contribution in [1.82, 2.24) is 9.88 Å². The first-order valence-corrected chi connectivity index (χ1v) is 7.12. The maximum Gasteiger partial charge on any atom is 0.272 e. The molecule has 1 aliphatic carbocycles. The average Bonchev–Trinajstić information content (AvgIpc) is 2.41. The van der Waals surface area contributed by atoms with Gasteiger partial charge in [-0.25, -0.2) is 4.98 Å². The summed E-state index contributed by atoms with van der Waals surface area (Å²) in [6.07, 6.45) is 4.03. The topological polar surface area (TPSA) is 59.2 Å². The lowest BCUT2D eigenvalue weighted by Gasteiger charge is -2.35. The first-order valence-electron chi connectivity index (χ1n) is 7.12. The number of nitrogens with zero attached hydrogens (tertiary/aromatic N) is 2. The van der Waals surface area contributed by atoms with Crippen molar-refractivity contribution >= 4 is 5.91 Å². The highest BCUT2D eigenvalue weighted by Crippen LogP contribution is 2.23. The number of aromatic nitrogens is 1. The van der Waals surface area contributed by atoms with Crippen LogP contribution in [0.4, 0.5) is 0 Å². The molecular formula is C15H23N3O. The van der Waals surface area contributed by atoms with E-state index in [1.165, 1.54) is 0 Å². The molecule has 2 rings (SSSR count). The molecule has 1 aromatic heterocycles. The number of aryl methyl sites for hydroxylation is 1. The van der Waals surface area contributed by atoms with Gasteiger partial charge in [-0.15, -0.1) is 0 Å². The standard InChI is InChI=1S/C15H23N3O/c1-3-18(13-9-7-12(16)8-10-13)15(19)14-6-4-5-11(2)17-14/h4-6,12-13H,3,7-10,16H2,1-2H3. The van der Waals surface area contributed by atoms with E-state index >= 15 is 0 Å². The summed E-state index contributed by atoms with van der Waals surface area (Å²) >= 11 is 0. The Kier molecular flexibility index (Phi) is 4.53. The summed E-state index contributed by atoms with van der Waals surface area (Å²) in [6, 6.07) is 6.22. The number of hydrogen-bond acceptors (Lipinski definition) is 3. The van der Waals surface area contributed by atoms with Crippen molar-refractivity contribution < 1.29 is 4.79 Å². The minimum atomic E-state index is 0.0478. The third-order valence-electron chi connectivity index (χ3n) is 3.89. The van der Waals surface area contributed by atoms with Crippen LogP contribution in [0.25, 0.3) is 0 Å². The molecule has 0 aliphatic heterocycles. The summed E-state index contributed by atoms with van der Waals surface area (Å²) < 4.78 is 0. The van der Waals surface area contributed by atoms with E-state index in [1.807, 2.05) is 30.9 Å². The van der Waals surface area contributed by atoms with Crippen LogP contribution in [0.5, 0.6) is 0 Å². The SMILES string of the molecule is CCN(C(=O)c1cccc(C)n1)C1CCC(N)CC1. The number of amides is 1. The summed E-state index contributed by atoms with van der Waals surface area (Å²) in [5.41, 5.74) is 7.36. The number of hydrogen-bond donors (Lipinski definition) is 1. The molecule has 19 heavy (non-hydrogen) atoms. The van der Waals surface area contributed by atoms with Gasteiger partial charge in [0.2, 0.25) is 0 Å². The molecule has 4 heteroatoms. The molecule has 0 radical (unpaired) electrons. The van der Waals surface area contributed by atoms with Crippen LogP contribution in [0.1, 0.15) is 48.8 Å². The molecule has 0 spiro atoms. The number of carbonyl (C=O) groups is 1. The van der Waals surface area contributed by atoms with E-state index in [0.717, 1.165) is 37.9 Å². The van der Waals surface area contributed by atoms with E-state index in [9.17, 15) is 4.79 Å². The van der Waals surface area contributed by atoms with Crippen molar-refractivity contribution in [3.8, 4) is 0 Å². The molecule has 0 aromatic carbocycles. The van der Waals surface area contributed by atoms with Gasteiger partial charge in [0.05, 0.1) is 0 Å². The first-order chi connectivity index (χ1) is 9.11. The summed E-state index contributed by atoms with van der Waals surface area (Å²) in [4.78, 5) is 18.8. The summed E-state index contributed by atoms with van der Waals surface area (Å²) in [6.45, 7) is 4.67. The monoisotopic (exact) mass is 261 g/mol. The average molecular weight is 261 g/mol. The quantitative estimate of drug-likeness (QED) is 0.906. The van der Waals surface area contributed by atoms with Crippen molar-refractivity contribution in [2.75, 3.05) is 6.54 Å². The van der Waals surface area contributed by atoms with Crippen LogP contribution < -0.4 is 5.73 Å². The van der Waals surface area contributed by atoms with Gasteiger partial charge in [-0.1, -0.05) is 6.07 Å². The molecule has 1 aromatic rings. The number of carbonyl (C=O) groups excluding carboxylic acids is 1. The maximum absolute atomic E-state index is 12.5. The summed E-state index contributed by atoms with van der Waals surface area (Å²) in [5.74, 6) is 0.0478. The fourth-order valence-corrected chi connectivity index (χ4v) is 2.79. The lowest BCUT2D eigenvalue weighted by atomic mass is 9.90. The fraction of sp³-hybridized carbons (Fsp3) is 0.600. The molecular weight excluding hydrogens is 238 g/mol. The van der Waals surface area contributed by atoms with Gasteiger partial charge in [-0.3, -0.25) is 4.79 Å². The van der Waals surface area contributed by atoms with Crippen molar-refractivity contribution in [2.24, 2.45) is 5.73 Å². The normalized spacial score (nSPS) is 23.1. The molecule has 1 saturated carbocycles. The van der Waals surface area contributed by atoms with E-state index in [-0.39, 0.29) is 5.91 Å². The minimum Gasteiger partial charge on any atom is -0.335 e. The van der Waals surface area contributed by atoms with Crippen LogP contribution in [-0.4, -0.2) is 34.4 Å². The van der Waals surface area contributed by atoms with E-state index in [0.29, 0.717) is 17.8 Å². The Hall–Kier alpha value is -1.42. The first kappa shape index (κ1) is 14.0. The van der Waals surface area contributed by atoms with Crippen LogP contribution in [0.2, 0.25) is 0 Å². The number of rotatable bonds is 3. The Balaban J connectivity index is 2.11. The molecule has 2 N–H and O–H groups in total. The second-order valence-corrected chi connectivity index (χ2v) is 5.32. The van der Waals surface area contributed by atoms with Crippen LogP contribution in [0, 0.1) is 6.92 Å². The van der Waals surface area contributed by atoms with Gasteiger partial charge in [0, 0.05) is 24.3 Å². The minimum absolute atomic E-state index is 0.0478. The highest BCUT2D eigenvalue weighted by Gasteiger charge is 2.27. The molecule has 1 aliphatic rings. The van der Waals surface area contributed by atoms with E-state index < -0.39 is 0 Å². The fourth-order valence-electron chi connectivity index (χ4n) is 2.79. The predicted octanol–water partition coefficient (Wildman–Crippen LogP) is 2.12. The molecule has 0 atom stereocenters. The Morgan fingerprint density at radius 3 is 2.63 bits per heavy atom. The van der Waals surface area contributed by atoms with Gasteiger partial charge in [-0.05, 0) is 51.7 Å². The largest absolute Gasteiger partial charge is 0.335 e. The number of nitrogens with two attached hydrogens (primary N) is 1. The van der Waals surface area contributed by atoms with Crippen LogP contribution in [0.15, 0.2) is 18.2 Å². The molecule has 0 bridgehead atoms. The Bertz CT molecular complexity index is 439. The Morgan fingerprint density at radius 1 is 1.37 bits per heavy atom. The van der Waals surface area contributed by atoms with Crippen LogP contribution in [0.3, 0.4) is 0 Å². The van der Waals surface area contributed by atoms with Crippen LogP contribution in [-0.2, 0) is 0 Å². The zero-order valence-corrected chi connectivity index (χ0v) is 11.8. The molecule has 0 saturated heterocycles. The summed E-state index contributed by atoms with van der Waals surface area (Å²) in [7, 11) is 0. The predicted molar refractivity (Wildman–Crippen MR) is 75.9 cm³/mol. The maximum atomic E-state index is 12.5. The lowest BCUT2D eigenvalue weighted by molar-refractivity contribution is 0.0634. The van der Waals surface area contributed by atoms with E-state index in [4.69, 9.17) is 5.73 Å². The van der Waals surface area contributed by atoms with Gasteiger partial charge in [0.15, 0.2) is 0 Å². The van der Waals surface area contributed by atoms with Gasteiger partial charge in [0.1, 0.15) is 5.69 Å². The number of pyridine rings is 1. The lowest BCUT2D eigenvalue weighted by Crippen LogP contribution is -2.44. The summed E-state index contributed by atoms with van der Waals surface area (Å²) in [5, 5.41) is 0. The van der Waals surface area contributed by atoms with Gasteiger partial charge < -0.3 is 10.6 Å². The zero-order chi connectivity index (χ0) is 13.8. The second kappa shape index (κ2) is 6.15. The van der Waals surface area contributed by atoms with Crippen molar-refractivity contribution in [2.45, 2.75) is 51.6 Å². The van der Waals surface area contributed by atoms with E-state index in [2.05, 4.69) is 4.98 Å². The highest BCUT2D eigenvalue weighted by atomic mass is 16.2. The van der Waals surface area contributed by atoms with Crippen molar-refractivity contribution in [1.29, 1.82) is 0 Å². The van der Waals surface area contributed by atoms with Gasteiger partial charge in [0.25, 0.3) is 5.91 Å². The smallest absolute Gasteiger partial charge is 0.272 e. The van der Waals surface area contributed by atoms with E-state index in [1.54, 1.807) is 6.07 Å². The van der Waals surface area contributed by atoms with Gasteiger partial charge >= 0.3 is 0 Å². The molecule has 104 valence electrons. The van der Waals surface area contributed by atoms with Crippen LogP contribution >= 0.6 is 0 Å².